The SMILES string of the molecule is COc1cccc(OCC(=O)Nc2nc(-c3cccc(Cl)c3)c(C)s2)c1. The maximum Gasteiger partial charge on any atom is 0.264 e. The number of methoxy groups -OCH3 is 1. The molecule has 0 aliphatic heterocycles. The molecule has 5 nitrogen and oxygen atoms in total. The Morgan fingerprint density at radius 1 is 1.19 bits per heavy atom. The number of nitrogens with one attached hydrogen (secondary N) is 1. The number of carbonyl (C=O) groups excluding carboxylic acids is 1. The highest BCUT2D eigenvalue weighted by atomic mass is 35.5. The van der Waals surface area contributed by atoms with Crippen LogP contribution in [0.25, 0.3) is 11.3 Å². The van der Waals surface area contributed by atoms with Crippen molar-refractivity contribution < 1.29 is 14.3 Å². The first kappa shape index (κ1) is 18.2. The van der Waals surface area contributed by atoms with Gasteiger partial charge in [0.2, 0.25) is 0 Å². The Kier molecular flexibility index (Phi) is 5.75. The van der Waals surface area contributed by atoms with E-state index in [1.807, 2.05) is 37.3 Å². The van der Waals surface area contributed by atoms with Gasteiger partial charge in [0.15, 0.2) is 11.7 Å². The van der Waals surface area contributed by atoms with Crippen LogP contribution in [0, 0.1) is 6.92 Å². The van der Waals surface area contributed by atoms with Crippen LogP contribution in [0.1, 0.15) is 4.88 Å². The summed E-state index contributed by atoms with van der Waals surface area (Å²) in [6.45, 7) is 1.84. The molecule has 7 heteroatoms. The highest BCUT2D eigenvalue weighted by Crippen LogP contribution is 2.31. The summed E-state index contributed by atoms with van der Waals surface area (Å²) in [7, 11) is 1.58. The number of rotatable bonds is 6. The van der Waals surface area contributed by atoms with Gasteiger partial charge >= 0.3 is 0 Å². The highest BCUT2D eigenvalue weighted by Gasteiger charge is 2.13. The standard InChI is InChI=1S/C19H17ClN2O3S/c1-12-18(13-5-3-6-14(20)9-13)22-19(26-12)21-17(23)11-25-16-8-4-7-15(10-16)24-2/h3-10H,11H2,1-2H3,(H,21,22,23). The number of anilines is 1. The fourth-order valence-corrected chi connectivity index (χ4v) is 3.39. The molecule has 0 atom stereocenters. The Morgan fingerprint density at radius 3 is 2.73 bits per heavy atom. The number of aromatic nitrogens is 1. The number of hydrogen-bond acceptors (Lipinski definition) is 5. The molecule has 0 unspecified atom stereocenters. The van der Waals surface area contributed by atoms with Gasteiger partial charge in [0.1, 0.15) is 11.5 Å². The molecule has 2 aromatic carbocycles. The van der Waals surface area contributed by atoms with Crippen LogP contribution in [0.2, 0.25) is 5.02 Å². The second-order valence-corrected chi connectivity index (χ2v) is 7.09. The van der Waals surface area contributed by atoms with E-state index in [1.54, 1.807) is 25.3 Å². The molecule has 0 bridgehead atoms. The van der Waals surface area contributed by atoms with Gasteiger partial charge in [-0.25, -0.2) is 4.98 Å². The van der Waals surface area contributed by atoms with Crippen LogP contribution in [-0.2, 0) is 4.79 Å². The first-order chi connectivity index (χ1) is 12.5. The van der Waals surface area contributed by atoms with Crippen LogP contribution in [0.3, 0.4) is 0 Å². The average Bonchev–Trinajstić information content (AvgIpc) is 3.00. The van der Waals surface area contributed by atoms with E-state index in [1.165, 1.54) is 11.3 Å². The molecule has 1 amide bonds. The number of halogens is 1. The number of ether oxygens (including phenoxy) is 2. The Hall–Kier alpha value is -2.57. The highest BCUT2D eigenvalue weighted by molar-refractivity contribution is 7.16. The second kappa shape index (κ2) is 8.21. The third kappa shape index (κ3) is 4.53. The zero-order chi connectivity index (χ0) is 18.5. The molecule has 0 saturated heterocycles. The van der Waals surface area contributed by atoms with Gasteiger partial charge in [-0.05, 0) is 31.2 Å². The lowest BCUT2D eigenvalue weighted by Gasteiger charge is -2.07. The quantitative estimate of drug-likeness (QED) is 0.659. The Balaban J connectivity index is 1.63. The fraction of sp³-hybridized carbons (Fsp3) is 0.158. The number of aryl methyl sites for hydroxylation is 1. The topological polar surface area (TPSA) is 60.5 Å². The first-order valence-electron chi connectivity index (χ1n) is 7.85. The van der Waals surface area contributed by atoms with E-state index in [9.17, 15) is 4.79 Å². The zero-order valence-corrected chi connectivity index (χ0v) is 15.9. The van der Waals surface area contributed by atoms with Crippen molar-refractivity contribution in [1.29, 1.82) is 0 Å². The van der Waals surface area contributed by atoms with Crippen molar-refractivity contribution in [3.05, 3.63) is 58.4 Å². The van der Waals surface area contributed by atoms with Crippen LogP contribution < -0.4 is 14.8 Å². The van der Waals surface area contributed by atoms with E-state index in [0.717, 1.165) is 16.1 Å². The van der Waals surface area contributed by atoms with Crippen molar-refractivity contribution in [3.63, 3.8) is 0 Å². The third-order valence-electron chi connectivity index (χ3n) is 3.55. The van der Waals surface area contributed by atoms with Gasteiger partial charge in [0.25, 0.3) is 5.91 Å². The van der Waals surface area contributed by atoms with Gasteiger partial charge in [-0.3, -0.25) is 10.1 Å². The van der Waals surface area contributed by atoms with E-state index < -0.39 is 0 Å². The van der Waals surface area contributed by atoms with Gasteiger partial charge in [-0.1, -0.05) is 29.8 Å². The molecule has 1 heterocycles. The summed E-state index contributed by atoms with van der Waals surface area (Å²) < 4.78 is 10.6. The normalized spacial score (nSPS) is 10.4. The summed E-state index contributed by atoms with van der Waals surface area (Å²) in [5.74, 6) is 0.957. The molecule has 3 aromatic rings. The first-order valence-corrected chi connectivity index (χ1v) is 9.04. The lowest BCUT2D eigenvalue weighted by atomic mass is 10.1. The van der Waals surface area contributed by atoms with E-state index in [2.05, 4.69) is 10.3 Å². The minimum absolute atomic E-state index is 0.113. The minimum Gasteiger partial charge on any atom is -0.497 e. The largest absolute Gasteiger partial charge is 0.497 e. The summed E-state index contributed by atoms with van der Waals surface area (Å²) in [5.41, 5.74) is 1.72. The van der Waals surface area contributed by atoms with Gasteiger partial charge in [-0.15, -0.1) is 11.3 Å². The minimum atomic E-state index is -0.279. The van der Waals surface area contributed by atoms with Crippen LogP contribution in [-0.4, -0.2) is 24.6 Å². The number of benzene rings is 2. The number of hydrogen-bond donors (Lipinski definition) is 1. The molecule has 134 valence electrons. The van der Waals surface area contributed by atoms with Crippen molar-refractivity contribution in [1.82, 2.24) is 4.98 Å². The molecule has 26 heavy (non-hydrogen) atoms. The van der Waals surface area contributed by atoms with Gasteiger partial charge in [0.05, 0.1) is 12.8 Å². The molecule has 0 spiro atoms. The molecule has 0 saturated carbocycles. The molecule has 0 aliphatic rings. The number of thiazole rings is 1. The predicted molar refractivity (Wildman–Crippen MR) is 104 cm³/mol. The van der Waals surface area contributed by atoms with E-state index >= 15 is 0 Å². The lowest BCUT2D eigenvalue weighted by Crippen LogP contribution is -2.20. The maximum absolute atomic E-state index is 12.1. The fourth-order valence-electron chi connectivity index (χ4n) is 2.35. The van der Waals surface area contributed by atoms with Crippen molar-refractivity contribution in [3.8, 4) is 22.8 Å². The summed E-state index contributed by atoms with van der Waals surface area (Å²) in [4.78, 5) is 17.6. The maximum atomic E-state index is 12.1. The van der Waals surface area contributed by atoms with Crippen molar-refractivity contribution in [2.24, 2.45) is 0 Å². The molecule has 1 aromatic heterocycles. The summed E-state index contributed by atoms with van der Waals surface area (Å²) in [6.07, 6.45) is 0. The lowest BCUT2D eigenvalue weighted by molar-refractivity contribution is -0.118. The molecule has 0 radical (unpaired) electrons. The van der Waals surface area contributed by atoms with Crippen LogP contribution in [0.5, 0.6) is 11.5 Å². The Bertz CT molecular complexity index is 927. The zero-order valence-electron chi connectivity index (χ0n) is 14.3. The van der Waals surface area contributed by atoms with Crippen molar-refractivity contribution >= 4 is 34.0 Å². The second-order valence-electron chi connectivity index (χ2n) is 5.45. The van der Waals surface area contributed by atoms with E-state index in [4.69, 9.17) is 21.1 Å². The predicted octanol–water partition coefficient (Wildman–Crippen LogP) is 4.80. The molecule has 0 aliphatic carbocycles. The Morgan fingerprint density at radius 2 is 1.96 bits per heavy atom. The summed E-state index contributed by atoms with van der Waals surface area (Å²) in [6, 6.07) is 14.6. The molecule has 0 fully saturated rings. The molecular formula is C19H17ClN2O3S. The van der Waals surface area contributed by atoms with E-state index in [-0.39, 0.29) is 12.5 Å². The van der Waals surface area contributed by atoms with Crippen molar-refractivity contribution in [2.45, 2.75) is 6.92 Å². The average molecular weight is 389 g/mol. The summed E-state index contributed by atoms with van der Waals surface area (Å²) in [5, 5.41) is 3.94. The number of amides is 1. The summed E-state index contributed by atoms with van der Waals surface area (Å²) >= 11 is 7.45. The van der Waals surface area contributed by atoms with Crippen LogP contribution in [0.4, 0.5) is 5.13 Å². The van der Waals surface area contributed by atoms with E-state index in [0.29, 0.717) is 21.7 Å². The molecule has 3 rings (SSSR count). The van der Waals surface area contributed by atoms with Gasteiger partial charge in [0, 0.05) is 21.5 Å². The van der Waals surface area contributed by atoms with Crippen LogP contribution >= 0.6 is 22.9 Å². The third-order valence-corrected chi connectivity index (χ3v) is 4.67. The Labute approximate surface area is 160 Å². The van der Waals surface area contributed by atoms with Crippen LogP contribution in [0.15, 0.2) is 48.5 Å². The van der Waals surface area contributed by atoms with Gasteiger partial charge < -0.3 is 9.47 Å². The van der Waals surface area contributed by atoms with Crippen molar-refractivity contribution in [2.75, 3.05) is 19.0 Å². The molecular weight excluding hydrogens is 372 g/mol. The smallest absolute Gasteiger partial charge is 0.264 e. The number of nitrogens with zero attached hydrogens (tertiary/aromatic N) is 1. The van der Waals surface area contributed by atoms with Gasteiger partial charge in [-0.2, -0.15) is 0 Å². The monoisotopic (exact) mass is 388 g/mol. The molecule has 1 N–H and O–H groups in total. The number of carbonyl (C=O) groups is 1.